The molecule has 0 rings (SSSR count). The number of thiol groups is 1. The molecule has 1 nitrogen and oxygen atoms in total. The van der Waals surface area contributed by atoms with Gasteiger partial charge in [-0.05, 0) is 55.4 Å². The van der Waals surface area contributed by atoms with E-state index in [2.05, 4.69) is 59.1 Å². The summed E-state index contributed by atoms with van der Waals surface area (Å²) in [4.78, 5) is 2.67. The highest BCUT2D eigenvalue weighted by atomic mass is 32.1. The van der Waals surface area contributed by atoms with Crippen molar-refractivity contribution in [2.45, 2.75) is 54.4 Å². The first-order valence-corrected chi connectivity index (χ1v) is 8.33. The van der Waals surface area contributed by atoms with Crippen LogP contribution in [0.4, 0.5) is 0 Å². The number of hydrogen-bond donors (Lipinski definition) is 1. The Kier molecular flexibility index (Phi) is 10.3. The third-order valence-electron chi connectivity index (χ3n) is 3.72. The summed E-state index contributed by atoms with van der Waals surface area (Å²) in [5, 5.41) is 0. The van der Waals surface area contributed by atoms with E-state index < -0.39 is 0 Å². The Labute approximate surface area is 121 Å². The van der Waals surface area contributed by atoms with Gasteiger partial charge in [-0.2, -0.15) is 12.6 Å². The highest BCUT2D eigenvalue weighted by Crippen LogP contribution is 2.16. The van der Waals surface area contributed by atoms with Gasteiger partial charge in [0.2, 0.25) is 0 Å². The van der Waals surface area contributed by atoms with Crippen LogP contribution < -0.4 is 0 Å². The Morgan fingerprint density at radius 3 is 1.56 bits per heavy atom. The van der Waals surface area contributed by atoms with Gasteiger partial charge in [0.15, 0.2) is 0 Å². The second-order valence-electron chi connectivity index (χ2n) is 6.85. The van der Waals surface area contributed by atoms with Crippen LogP contribution in [0.25, 0.3) is 0 Å². The van der Waals surface area contributed by atoms with Crippen LogP contribution in [0.5, 0.6) is 0 Å². The summed E-state index contributed by atoms with van der Waals surface area (Å²) in [5.41, 5.74) is 0. The van der Waals surface area contributed by atoms with Crippen molar-refractivity contribution in [3.8, 4) is 0 Å². The molecule has 0 aromatic carbocycles. The lowest BCUT2D eigenvalue weighted by molar-refractivity contribution is 0.195. The molecule has 0 aromatic rings. The SMILES string of the molecule is CC(C)CCN(CCC(C)C)CC(CS)C(C)C. The number of hydrogen-bond acceptors (Lipinski definition) is 2. The lowest BCUT2D eigenvalue weighted by Gasteiger charge is -2.30. The molecule has 0 aliphatic carbocycles. The summed E-state index contributed by atoms with van der Waals surface area (Å²) in [7, 11) is 0. The van der Waals surface area contributed by atoms with E-state index in [0.717, 1.165) is 29.4 Å². The molecular weight excluding hydrogens is 238 g/mol. The Morgan fingerprint density at radius 1 is 0.833 bits per heavy atom. The van der Waals surface area contributed by atoms with Crippen LogP contribution in [-0.2, 0) is 0 Å². The molecule has 0 aliphatic heterocycles. The van der Waals surface area contributed by atoms with E-state index in [1.54, 1.807) is 0 Å². The fourth-order valence-electron chi connectivity index (χ4n) is 1.99. The van der Waals surface area contributed by atoms with E-state index in [1.165, 1.54) is 32.5 Å². The largest absolute Gasteiger partial charge is 0.303 e. The molecule has 1 atom stereocenters. The van der Waals surface area contributed by atoms with Crippen LogP contribution >= 0.6 is 12.6 Å². The normalized spacial score (nSPS) is 14.2. The van der Waals surface area contributed by atoms with Crippen LogP contribution in [0.1, 0.15) is 54.4 Å². The summed E-state index contributed by atoms with van der Waals surface area (Å²) in [6, 6.07) is 0. The van der Waals surface area contributed by atoms with Crippen molar-refractivity contribution in [1.29, 1.82) is 0 Å². The predicted molar refractivity (Wildman–Crippen MR) is 87.5 cm³/mol. The highest BCUT2D eigenvalue weighted by molar-refractivity contribution is 7.80. The van der Waals surface area contributed by atoms with Crippen molar-refractivity contribution in [2.75, 3.05) is 25.4 Å². The fraction of sp³-hybridized carbons (Fsp3) is 1.00. The average Bonchev–Trinajstić information content (AvgIpc) is 2.27. The molecule has 0 heterocycles. The van der Waals surface area contributed by atoms with Gasteiger partial charge < -0.3 is 4.90 Å². The molecule has 0 N–H and O–H groups in total. The highest BCUT2D eigenvalue weighted by Gasteiger charge is 2.16. The van der Waals surface area contributed by atoms with Gasteiger partial charge in [0.25, 0.3) is 0 Å². The first-order valence-electron chi connectivity index (χ1n) is 7.70. The van der Waals surface area contributed by atoms with Crippen LogP contribution in [0.2, 0.25) is 0 Å². The van der Waals surface area contributed by atoms with E-state index in [4.69, 9.17) is 0 Å². The lowest BCUT2D eigenvalue weighted by Crippen LogP contribution is -2.35. The minimum absolute atomic E-state index is 0.729. The molecule has 0 fully saturated rings. The van der Waals surface area contributed by atoms with Crippen LogP contribution in [0, 0.1) is 23.7 Å². The van der Waals surface area contributed by atoms with Crippen LogP contribution in [0.15, 0.2) is 0 Å². The Bertz CT molecular complexity index is 178. The van der Waals surface area contributed by atoms with Gasteiger partial charge in [0.05, 0.1) is 0 Å². The molecule has 0 aromatic heterocycles. The van der Waals surface area contributed by atoms with E-state index in [9.17, 15) is 0 Å². The molecule has 0 saturated carbocycles. The monoisotopic (exact) mass is 273 g/mol. The first-order chi connectivity index (χ1) is 8.36. The molecule has 0 bridgehead atoms. The maximum atomic E-state index is 4.52. The van der Waals surface area contributed by atoms with Crippen molar-refractivity contribution >= 4 is 12.6 Å². The maximum absolute atomic E-state index is 4.52. The molecule has 1 unspecified atom stereocenters. The van der Waals surface area contributed by atoms with Gasteiger partial charge >= 0.3 is 0 Å². The third-order valence-corrected chi connectivity index (χ3v) is 4.18. The van der Waals surface area contributed by atoms with Crippen LogP contribution in [-0.4, -0.2) is 30.3 Å². The molecule has 110 valence electrons. The molecule has 0 aliphatic rings. The second kappa shape index (κ2) is 10.1. The first kappa shape index (κ1) is 18.3. The zero-order chi connectivity index (χ0) is 14.1. The van der Waals surface area contributed by atoms with Crippen molar-refractivity contribution < 1.29 is 0 Å². The van der Waals surface area contributed by atoms with Crippen molar-refractivity contribution in [1.82, 2.24) is 4.90 Å². The molecule has 0 saturated heterocycles. The Balaban J connectivity index is 4.25. The third kappa shape index (κ3) is 9.27. The van der Waals surface area contributed by atoms with Crippen LogP contribution in [0.3, 0.4) is 0 Å². The Hall–Kier alpha value is 0.310. The van der Waals surface area contributed by atoms with Gasteiger partial charge in [-0.3, -0.25) is 0 Å². The second-order valence-corrected chi connectivity index (χ2v) is 7.22. The minimum Gasteiger partial charge on any atom is -0.303 e. The number of nitrogens with zero attached hydrogens (tertiary/aromatic N) is 1. The summed E-state index contributed by atoms with van der Waals surface area (Å²) in [5.74, 6) is 4.09. The summed E-state index contributed by atoms with van der Waals surface area (Å²) < 4.78 is 0. The predicted octanol–water partition coefficient (Wildman–Crippen LogP) is 4.58. The van der Waals surface area contributed by atoms with Gasteiger partial charge in [-0.1, -0.05) is 41.5 Å². The minimum atomic E-state index is 0.729. The summed E-state index contributed by atoms with van der Waals surface area (Å²) >= 11 is 4.52. The standard InChI is InChI=1S/C16H35NS/c1-13(2)7-9-17(10-8-14(3)4)11-16(12-18)15(5)6/h13-16,18H,7-12H2,1-6H3. The fourth-order valence-corrected chi connectivity index (χ4v) is 2.52. The average molecular weight is 274 g/mol. The summed E-state index contributed by atoms with van der Waals surface area (Å²) in [6.45, 7) is 17.6. The Morgan fingerprint density at radius 2 is 1.28 bits per heavy atom. The van der Waals surface area contributed by atoms with Gasteiger partial charge in [-0.15, -0.1) is 0 Å². The van der Waals surface area contributed by atoms with E-state index in [0.29, 0.717) is 0 Å². The zero-order valence-electron chi connectivity index (χ0n) is 13.4. The molecular formula is C16H35NS. The topological polar surface area (TPSA) is 3.24 Å². The molecule has 0 radical (unpaired) electrons. The van der Waals surface area contributed by atoms with Crippen molar-refractivity contribution in [3.63, 3.8) is 0 Å². The van der Waals surface area contributed by atoms with Crippen molar-refractivity contribution in [3.05, 3.63) is 0 Å². The van der Waals surface area contributed by atoms with E-state index in [1.807, 2.05) is 0 Å². The number of rotatable bonds is 10. The van der Waals surface area contributed by atoms with E-state index in [-0.39, 0.29) is 0 Å². The smallest absolute Gasteiger partial charge is 0.00199 e. The molecule has 0 amide bonds. The zero-order valence-corrected chi connectivity index (χ0v) is 14.3. The lowest BCUT2D eigenvalue weighted by atomic mass is 9.96. The quantitative estimate of drug-likeness (QED) is 0.570. The maximum Gasteiger partial charge on any atom is 0.00199 e. The van der Waals surface area contributed by atoms with Gasteiger partial charge in [0.1, 0.15) is 0 Å². The molecule has 18 heavy (non-hydrogen) atoms. The summed E-state index contributed by atoms with van der Waals surface area (Å²) in [6.07, 6.45) is 2.63. The van der Waals surface area contributed by atoms with Gasteiger partial charge in [0, 0.05) is 6.54 Å². The van der Waals surface area contributed by atoms with Gasteiger partial charge in [-0.25, -0.2) is 0 Å². The molecule has 2 heteroatoms. The van der Waals surface area contributed by atoms with Crippen molar-refractivity contribution in [2.24, 2.45) is 23.7 Å². The van der Waals surface area contributed by atoms with E-state index >= 15 is 0 Å². The molecule has 0 spiro atoms.